The van der Waals surface area contributed by atoms with E-state index in [1.165, 1.54) is 6.20 Å². The monoisotopic (exact) mass is 374 g/mol. The molecule has 0 aliphatic rings. The van der Waals surface area contributed by atoms with Crippen LogP contribution in [-0.2, 0) is 30.9 Å². The summed E-state index contributed by atoms with van der Waals surface area (Å²) in [7, 11) is 3.97. The van der Waals surface area contributed by atoms with Crippen molar-refractivity contribution in [2.75, 3.05) is 19.6 Å². The Hall–Kier alpha value is -3.63. The van der Waals surface area contributed by atoms with Crippen molar-refractivity contribution in [1.29, 1.82) is 0 Å². The Balaban J connectivity index is 2.30. The number of hydrogen-bond donors (Lipinski definition) is 1. The van der Waals surface area contributed by atoms with Gasteiger partial charge in [0.05, 0.1) is 38.0 Å². The molecule has 2 aromatic heterocycles. The van der Waals surface area contributed by atoms with Crippen molar-refractivity contribution in [3.8, 4) is 11.3 Å². The van der Waals surface area contributed by atoms with Gasteiger partial charge in [-0.25, -0.2) is 9.48 Å². The van der Waals surface area contributed by atoms with Crippen LogP contribution >= 0.6 is 0 Å². The smallest absolute Gasteiger partial charge is 0.362 e. The van der Waals surface area contributed by atoms with E-state index in [9.17, 15) is 14.4 Å². The van der Waals surface area contributed by atoms with Gasteiger partial charge in [0.15, 0.2) is 0 Å². The number of rotatable bonds is 7. The average Bonchev–Trinajstić information content (AvgIpc) is 3.08. The number of carbonyl (C=O) groups is 3. The van der Waals surface area contributed by atoms with E-state index in [-0.39, 0.29) is 0 Å². The summed E-state index contributed by atoms with van der Waals surface area (Å²) >= 11 is 0. The number of aromatic nitrogens is 4. The van der Waals surface area contributed by atoms with E-state index in [2.05, 4.69) is 35.3 Å². The summed E-state index contributed by atoms with van der Waals surface area (Å²) in [4.78, 5) is 39.4. The van der Waals surface area contributed by atoms with Crippen molar-refractivity contribution in [1.82, 2.24) is 20.0 Å². The van der Waals surface area contributed by atoms with Crippen LogP contribution in [0.25, 0.3) is 11.3 Å². The molecular weight excluding hydrogens is 356 g/mol. The lowest BCUT2D eigenvalue weighted by Crippen LogP contribution is -2.28. The number of hydrogen-bond acceptors (Lipinski definition) is 10. The number of ether oxygens (including phenoxy) is 2. The highest BCUT2D eigenvalue weighted by Crippen LogP contribution is 2.23. The molecule has 2 heterocycles. The second-order valence-corrected chi connectivity index (χ2v) is 5.34. The van der Waals surface area contributed by atoms with Crippen molar-refractivity contribution < 1.29 is 23.9 Å². The first-order chi connectivity index (χ1) is 12.9. The largest absolute Gasteiger partial charge is 0.469 e. The fourth-order valence-electron chi connectivity index (χ4n) is 2.11. The lowest BCUT2D eigenvalue weighted by molar-refractivity contribution is -0.142. The number of ketones is 1. The van der Waals surface area contributed by atoms with Gasteiger partial charge in [-0.3, -0.25) is 20.0 Å². The molecule has 142 valence electrons. The summed E-state index contributed by atoms with van der Waals surface area (Å²) in [6, 6.07) is 1.71. The van der Waals surface area contributed by atoms with Crippen molar-refractivity contribution in [2.24, 2.45) is 12.1 Å². The number of methoxy groups -OCH3 is 2. The Kier molecular flexibility index (Phi) is 6.31. The van der Waals surface area contributed by atoms with Crippen LogP contribution in [0.4, 0.5) is 5.69 Å². The molecule has 27 heavy (non-hydrogen) atoms. The van der Waals surface area contributed by atoms with E-state index in [1.54, 1.807) is 24.0 Å². The van der Waals surface area contributed by atoms with Gasteiger partial charge in [0.25, 0.3) is 0 Å². The summed E-state index contributed by atoms with van der Waals surface area (Å²) < 4.78 is 10.5. The maximum Gasteiger partial charge on any atom is 0.362 e. The number of hydrazone groups is 1. The zero-order chi connectivity index (χ0) is 20.0. The molecule has 0 bridgehead atoms. The fourth-order valence-corrected chi connectivity index (χ4v) is 2.11. The van der Waals surface area contributed by atoms with E-state index in [0.29, 0.717) is 5.69 Å². The van der Waals surface area contributed by atoms with Gasteiger partial charge >= 0.3 is 11.9 Å². The number of nitrogens with zero attached hydrogens (tertiary/aromatic N) is 5. The highest BCUT2D eigenvalue weighted by Gasteiger charge is 2.24. The first kappa shape index (κ1) is 19.7. The SMILES string of the molecule is COC(=O)CC(=O)/C(=N\Nc1cnc(C)c(-c2cnnn2C)c1)C(=O)OC. The van der Waals surface area contributed by atoms with Gasteiger partial charge in [-0.15, -0.1) is 5.10 Å². The van der Waals surface area contributed by atoms with Crippen LogP contribution in [0.5, 0.6) is 0 Å². The Morgan fingerprint density at radius 1 is 1.22 bits per heavy atom. The second-order valence-electron chi connectivity index (χ2n) is 5.34. The molecule has 0 unspecified atom stereocenters. The van der Waals surface area contributed by atoms with Crippen LogP contribution in [0, 0.1) is 6.92 Å². The van der Waals surface area contributed by atoms with Crippen molar-refractivity contribution in [2.45, 2.75) is 13.3 Å². The molecule has 0 aromatic carbocycles. The lowest BCUT2D eigenvalue weighted by Gasteiger charge is -2.08. The molecule has 11 heteroatoms. The first-order valence-electron chi connectivity index (χ1n) is 7.71. The zero-order valence-electron chi connectivity index (χ0n) is 15.2. The minimum absolute atomic E-state index is 0.407. The summed E-state index contributed by atoms with van der Waals surface area (Å²) in [6.07, 6.45) is 2.42. The molecule has 0 amide bonds. The van der Waals surface area contributed by atoms with E-state index < -0.39 is 29.9 Å². The van der Waals surface area contributed by atoms with Crippen LogP contribution in [0.2, 0.25) is 0 Å². The van der Waals surface area contributed by atoms with E-state index in [4.69, 9.17) is 0 Å². The maximum absolute atomic E-state index is 12.1. The van der Waals surface area contributed by atoms with Gasteiger partial charge in [0, 0.05) is 18.3 Å². The van der Waals surface area contributed by atoms with Gasteiger partial charge in [-0.1, -0.05) is 5.21 Å². The minimum Gasteiger partial charge on any atom is -0.469 e. The normalized spacial score (nSPS) is 11.0. The van der Waals surface area contributed by atoms with Gasteiger partial charge in [-0.2, -0.15) is 5.10 Å². The first-order valence-corrected chi connectivity index (χ1v) is 7.71. The number of Topliss-reactive ketones (excluding diaryl/α,β-unsaturated/α-hetero) is 1. The predicted octanol–water partition coefficient (Wildman–Crippen LogP) is 0.259. The van der Waals surface area contributed by atoms with Gasteiger partial charge in [0.2, 0.25) is 11.5 Å². The van der Waals surface area contributed by atoms with Crippen molar-refractivity contribution in [3.05, 3.63) is 24.2 Å². The average molecular weight is 374 g/mol. The third-order valence-corrected chi connectivity index (χ3v) is 3.55. The molecule has 2 aromatic rings. The molecule has 11 nitrogen and oxygen atoms in total. The lowest BCUT2D eigenvalue weighted by atomic mass is 10.1. The van der Waals surface area contributed by atoms with Gasteiger partial charge < -0.3 is 9.47 Å². The molecule has 0 spiro atoms. The topological polar surface area (TPSA) is 138 Å². The van der Waals surface area contributed by atoms with E-state index in [0.717, 1.165) is 31.2 Å². The molecule has 0 atom stereocenters. The highest BCUT2D eigenvalue weighted by atomic mass is 16.5. The minimum atomic E-state index is -0.979. The maximum atomic E-state index is 12.1. The number of pyridine rings is 1. The molecule has 0 saturated heterocycles. The molecule has 0 aliphatic heterocycles. The molecule has 0 fully saturated rings. The van der Waals surface area contributed by atoms with Crippen LogP contribution in [0.3, 0.4) is 0 Å². The molecule has 0 radical (unpaired) electrons. The fraction of sp³-hybridized carbons (Fsp3) is 0.312. The van der Waals surface area contributed by atoms with Gasteiger partial charge in [-0.05, 0) is 13.0 Å². The highest BCUT2D eigenvalue weighted by molar-refractivity contribution is 6.65. The third kappa shape index (κ3) is 4.71. The number of aryl methyl sites for hydroxylation is 2. The third-order valence-electron chi connectivity index (χ3n) is 3.55. The standard InChI is InChI=1S/C16H18N6O5/c1-9-11(12-8-18-21-22(12)2)5-10(7-17-9)19-20-15(16(25)27-4)13(23)6-14(24)26-3/h5,7-8,19H,6H2,1-4H3/b20-15+. The quantitative estimate of drug-likeness (QED) is 0.313. The molecular formula is C16H18N6O5. The van der Waals surface area contributed by atoms with Crippen molar-refractivity contribution >= 4 is 29.1 Å². The van der Waals surface area contributed by atoms with Crippen LogP contribution < -0.4 is 5.43 Å². The predicted molar refractivity (Wildman–Crippen MR) is 93.7 cm³/mol. The number of carbonyl (C=O) groups excluding carboxylic acids is 3. The Morgan fingerprint density at radius 2 is 1.96 bits per heavy atom. The van der Waals surface area contributed by atoms with Crippen LogP contribution in [-0.4, -0.2) is 57.6 Å². The van der Waals surface area contributed by atoms with Gasteiger partial charge in [0.1, 0.15) is 6.42 Å². The van der Waals surface area contributed by atoms with Crippen molar-refractivity contribution in [3.63, 3.8) is 0 Å². The van der Waals surface area contributed by atoms with E-state index >= 15 is 0 Å². The van der Waals surface area contributed by atoms with Crippen LogP contribution in [0.1, 0.15) is 12.1 Å². The molecule has 0 aliphatic carbocycles. The molecule has 2 rings (SSSR count). The zero-order valence-corrected chi connectivity index (χ0v) is 15.2. The number of anilines is 1. The summed E-state index contributed by atoms with van der Waals surface area (Å²) in [5.41, 5.74) is 4.62. The summed E-state index contributed by atoms with van der Waals surface area (Å²) in [5, 5.41) is 11.5. The number of nitrogens with one attached hydrogen (secondary N) is 1. The number of esters is 2. The summed E-state index contributed by atoms with van der Waals surface area (Å²) in [6.45, 7) is 1.81. The Morgan fingerprint density at radius 3 is 2.56 bits per heavy atom. The summed E-state index contributed by atoms with van der Waals surface area (Å²) in [5.74, 6) is -2.61. The van der Waals surface area contributed by atoms with Crippen LogP contribution in [0.15, 0.2) is 23.6 Å². The Labute approximate surface area is 154 Å². The van der Waals surface area contributed by atoms with E-state index in [1.807, 2.05) is 6.92 Å². The molecule has 1 N–H and O–H groups in total. The second kappa shape index (κ2) is 8.65. The Bertz CT molecular complexity index is 904. The molecule has 0 saturated carbocycles.